The van der Waals surface area contributed by atoms with Crippen molar-refractivity contribution >= 4 is 27.2 Å². The van der Waals surface area contributed by atoms with Crippen LogP contribution in [0.4, 0.5) is 5.69 Å². The molecule has 94 valence electrons. The van der Waals surface area contributed by atoms with Crippen molar-refractivity contribution in [2.45, 2.75) is 13.3 Å². The maximum atomic E-state index is 11.1. The van der Waals surface area contributed by atoms with Gasteiger partial charge in [0.2, 0.25) is 0 Å². The highest BCUT2D eigenvalue weighted by atomic mass is 16.6. The Bertz CT molecular complexity index is 793. The summed E-state index contributed by atoms with van der Waals surface area (Å²) in [4.78, 5) is 10.8. The Kier molecular flexibility index (Phi) is 2.67. The second-order valence-electron chi connectivity index (χ2n) is 4.64. The molecule has 0 bridgehead atoms. The summed E-state index contributed by atoms with van der Waals surface area (Å²) in [6.07, 6.45) is 0.666. The average molecular weight is 251 g/mol. The van der Waals surface area contributed by atoms with Gasteiger partial charge in [0.15, 0.2) is 0 Å². The quantitative estimate of drug-likeness (QED) is 0.383. The van der Waals surface area contributed by atoms with Gasteiger partial charge < -0.3 is 0 Å². The van der Waals surface area contributed by atoms with E-state index in [9.17, 15) is 10.1 Å². The van der Waals surface area contributed by atoms with E-state index in [-0.39, 0.29) is 10.6 Å². The minimum Gasteiger partial charge on any atom is -0.258 e. The first-order valence-corrected chi connectivity index (χ1v) is 6.29. The summed E-state index contributed by atoms with van der Waals surface area (Å²) in [5.41, 5.74) is 0.998. The zero-order valence-corrected chi connectivity index (χ0v) is 10.6. The lowest BCUT2D eigenvalue weighted by atomic mass is 9.99. The highest BCUT2D eigenvalue weighted by Gasteiger charge is 2.13. The summed E-state index contributed by atoms with van der Waals surface area (Å²) in [6, 6.07) is 15.8. The van der Waals surface area contributed by atoms with E-state index in [1.165, 1.54) is 0 Å². The topological polar surface area (TPSA) is 43.1 Å². The fourth-order valence-electron chi connectivity index (χ4n) is 2.48. The first-order chi connectivity index (χ1) is 9.19. The largest absolute Gasteiger partial charge is 0.273 e. The maximum absolute atomic E-state index is 11.1. The van der Waals surface area contributed by atoms with Crippen molar-refractivity contribution in [1.29, 1.82) is 0 Å². The molecule has 0 aromatic heterocycles. The van der Waals surface area contributed by atoms with E-state index in [2.05, 4.69) is 12.1 Å². The molecule has 3 aromatic rings. The molecule has 3 heteroatoms. The molecule has 0 heterocycles. The zero-order valence-electron chi connectivity index (χ0n) is 10.6. The molecule has 0 unspecified atom stereocenters. The standard InChI is InChI=1S/C16H13NO2/c1-2-11-7-14-8-12-5-3-4-6-13(12)9-15(14)10-16(11)17(18)19/h3-10H,2H2,1H3. The smallest absolute Gasteiger partial charge is 0.258 e. The van der Waals surface area contributed by atoms with Gasteiger partial charge >= 0.3 is 0 Å². The minimum absolute atomic E-state index is 0.213. The van der Waals surface area contributed by atoms with Crippen molar-refractivity contribution in [3.05, 3.63) is 64.2 Å². The lowest BCUT2D eigenvalue weighted by Gasteiger charge is -2.05. The number of nitro groups is 1. The van der Waals surface area contributed by atoms with Gasteiger partial charge in [-0.25, -0.2) is 0 Å². The van der Waals surface area contributed by atoms with Crippen molar-refractivity contribution < 1.29 is 4.92 Å². The predicted octanol–water partition coefficient (Wildman–Crippen LogP) is 4.46. The molecule has 3 aromatic carbocycles. The first-order valence-electron chi connectivity index (χ1n) is 6.29. The van der Waals surface area contributed by atoms with Gasteiger partial charge in [-0.3, -0.25) is 10.1 Å². The van der Waals surface area contributed by atoms with Gasteiger partial charge in [-0.05, 0) is 46.2 Å². The van der Waals surface area contributed by atoms with Crippen LogP contribution in [-0.4, -0.2) is 4.92 Å². The van der Waals surface area contributed by atoms with Crippen LogP contribution >= 0.6 is 0 Å². The Morgan fingerprint density at radius 1 is 0.947 bits per heavy atom. The molecular formula is C16H13NO2. The van der Waals surface area contributed by atoms with E-state index in [0.717, 1.165) is 27.1 Å². The van der Waals surface area contributed by atoms with Crippen molar-refractivity contribution in [1.82, 2.24) is 0 Å². The molecule has 0 saturated carbocycles. The Hall–Kier alpha value is -2.42. The van der Waals surface area contributed by atoms with Crippen LogP contribution in [0.5, 0.6) is 0 Å². The molecule has 0 aliphatic heterocycles. The normalized spacial score (nSPS) is 11.0. The number of rotatable bonds is 2. The fourth-order valence-corrected chi connectivity index (χ4v) is 2.48. The van der Waals surface area contributed by atoms with Gasteiger partial charge in [-0.1, -0.05) is 31.2 Å². The van der Waals surface area contributed by atoms with Crippen molar-refractivity contribution in [3.8, 4) is 0 Å². The number of fused-ring (bicyclic) bond motifs is 2. The summed E-state index contributed by atoms with van der Waals surface area (Å²) in [5.74, 6) is 0. The van der Waals surface area contributed by atoms with Crippen LogP contribution in [0, 0.1) is 10.1 Å². The molecule has 0 aliphatic rings. The van der Waals surface area contributed by atoms with Crippen LogP contribution in [0.25, 0.3) is 21.5 Å². The van der Waals surface area contributed by atoms with Crippen LogP contribution in [0.1, 0.15) is 12.5 Å². The molecule has 0 amide bonds. The fraction of sp³-hybridized carbons (Fsp3) is 0.125. The summed E-state index contributed by atoms with van der Waals surface area (Å²) in [5, 5.41) is 15.3. The summed E-state index contributed by atoms with van der Waals surface area (Å²) < 4.78 is 0. The monoisotopic (exact) mass is 251 g/mol. The Labute approximate surface area is 110 Å². The zero-order chi connectivity index (χ0) is 13.4. The van der Waals surface area contributed by atoms with Crippen molar-refractivity contribution in [3.63, 3.8) is 0 Å². The van der Waals surface area contributed by atoms with Gasteiger partial charge in [-0.15, -0.1) is 0 Å². The third kappa shape index (κ3) is 1.93. The van der Waals surface area contributed by atoms with Crippen LogP contribution < -0.4 is 0 Å². The highest BCUT2D eigenvalue weighted by molar-refractivity contribution is 5.99. The Morgan fingerprint density at radius 3 is 2.05 bits per heavy atom. The average Bonchev–Trinajstić information content (AvgIpc) is 2.43. The van der Waals surface area contributed by atoms with Crippen molar-refractivity contribution in [2.75, 3.05) is 0 Å². The first kappa shape index (κ1) is 11.7. The van der Waals surface area contributed by atoms with E-state index in [4.69, 9.17) is 0 Å². The molecule has 3 rings (SSSR count). The number of hydrogen-bond acceptors (Lipinski definition) is 2. The van der Waals surface area contributed by atoms with E-state index in [0.29, 0.717) is 6.42 Å². The van der Waals surface area contributed by atoms with Gasteiger partial charge in [-0.2, -0.15) is 0 Å². The summed E-state index contributed by atoms with van der Waals surface area (Å²) in [6.45, 7) is 1.94. The van der Waals surface area contributed by atoms with Crippen LogP contribution in [0.3, 0.4) is 0 Å². The molecule has 19 heavy (non-hydrogen) atoms. The van der Waals surface area contributed by atoms with E-state index in [1.54, 1.807) is 6.07 Å². The molecule has 0 saturated heterocycles. The number of aryl methyl sites for hydroxylation is 1. The van der Waals surface area contributed by atoms with E-state index in [1.807, 2.05) is 37.3 Å². The van der Waals surface area contributed by atoms with Crippen LogP contribution in [-0.2, 0) is 6.42 Å². The van der Waals surface area contributed by atoms with Gasteiger partial charge in [0.25, 0.3) is 5.69 Å². The van der Waals surface area contributed by atoms with Gasteiger partial charge in [0.05, 0.1) is 4.92 Å². The number of nitro benzene ring substituents is 1. The minimum atomic E-state index is -0.298. The molecule has 3 nitrogen and oxygen atoms in total. The van der Waals surface area contributed by atoms with Crippen LogP contribution in [0.2, 0.25) is 0 Å². The molecule has 0 fully saturated rings. The molecule has 0 atom stereocenters. The number of hydrogen-bond donors (Lipinski definition) is 0. The second-order valence-corrected chi connectivity index (χ2v) is 4.64. The molecule has 0 aliphatic carbocycles. The number of nitrogens with zero attached hydrogens (tertiary/aromatic N) is 1. The maximum Gasteiger partial charge on any atom is 0.273 e. The highest BCUT2D eigenvalue weighted by Crippen LogP contribution is 2.29. The van der Waals surface area contributed by atoms with Crippen molar-refractivity contribution in [2.24, 2.45) is 0 Å². The predicted molar refractivity (Wildman–Crippen MR) is 77.5 cm³/mol. The third-order valence-electron chi connectivity index (χ3n) is 3.48. The molecule has 0 spiro atoms. The lowest BCUT2D eigenvalue weighted by molar-refractivity contribution is -0.385. The van der Waals surface area contributed by atoms with Gasteiger partial charge in [0.1, 0.15) is 0 Å². The Morgan fingerprint density at radius 2 is 1.53 bits per heavy atom. The lowest BCUT2D eigenvalue weighted by Crippen LogP contribution is -1.94. The Balaban J connectivity index is 2.38. The third-order valence-corrected chi connectivity index (χ3v) is 3.48. The molecule has 0 radical (unpaired) electrons. The molecule has 0 N–H and O–H groups in total. The molecular weight excluding hydrogens is 238 g/mol. The number of benzene rings is 3. The summed E-state index contributed by atoms with van der Waals surface area (Å²) in [7, 11) is 0. The van der Waals surface area contributed by atoms with E-state index < -0.39 is 0 Å². The summed E-state index contributed by atoms with van der Waals surface area (Å²) >= 11 is 0. The van der Waals surface area contributed by atoms with E-state index >= 15 is 0 Å². The SMILES string of the molecule is CCc1cc2cc3ccccc3cc2cc1[N+](=O)[O-]. The van der Waals surface area contributed by atoms with Gasteiger partial charge in [0, 0.05) is 11.6 Å². The second kappa shape index (κ2) is 4.35. The van der Waals surface area contributed by atoms with Crippen LogP contribution in [0.15, 0.2) is 48.5 Å².